The van der Waals surface area contributed by atoms with Crippen molar-refractivity contribution in [1.29, 1.82) is 0 Å². The lowest BCUT2D eigenvalue weighted by Crippen LogP contribution is -2.08. The monoisotopic (exact) mass is 443 g/mol. The number of benzene rings is 2. The van der Waals surface area contributed by atoms with Crippen LogP contribution in [0.3, 0.4) is 0 Å². The SMILES string of the molecule is Cc1ccc2cccc3c2c1NC3=NCCCCc1cccnc1.I. The molecule has 3 nitrogen and oxygen atoms in total. The summed E-state index contributed by atoms with van der Waals surface area (Å²) in [5.41, 5.74) is 5.03. The number of nitrogens with one attached hydrogen (secondary N) is 1. The molecule has 1 aliphatic rings. The number of aryl methyl sites for hydroxylation is 2. The average Bonchev–Trinajstić information content (AvgIpc) is 3.00. The highest BCUT2D eigenvalue weighted by molar-refractivity contribution is 14.0. The Bertz CT molecular complexity index is 904. The van der Waals surface area contributed by atoms with Crippen LogP contribution in [0.4, 0.5) is 5.69 Å². The number of rotatable bonds is 5. The fraction of sp³-hybridized carbons (Fsp3) is 0.238. The minimum absolute atomic E-state index is 0. The van der Waals surface area contributed by atoms with Crippen molar-refractivity contribution in [2.24, 2.45) is 4.99 Å². The van der Waals surface area contributed by atoms with Gasteiger partial charge in [-0.15, -0.1) is 24.0 Å². The van der Waals surface area contributed by atoms with E-state index in [1.807, 2.05) is 18.5 Å². The highest BCUT2D eigenvalue weighted by Crippen LogP contribution is 2.35. The molecule has 0 amide bonds. The van der Waals surface area contributed by atoms with Crippen LogP contribution in [-0.4, -0.2) is 17.4 Å². The molecular weight excluding hydrogens is 421 g/mol. The maximum atomic E-state index is 4.83. The normalized spacial score (nSPS) is 13.7. The van der Waals surface area contributed by atoms with E-state index in [-0.39, 0.29) is 24.0 Å². The summed E-state index contributed by atoms with van der Waals surface area (Å²) < 4.78 is 0. The van der Waals surface area contributed by atoms with Crippen molar-refractivity contribution < 1.29 is 0 Å². The van der Waals surface area contributed by atoms with Gasteiger partial charge in [-0.3, -0.25) is 9.98 Å². The highest BCUT2D eigenvalue weighted by Gasteiger charge is 2.20. The Morgan fingerprint density at radius 1 is 1.04 bits per heavy atom. The third kappa shape index (κ3) is 3.68. The number of nitrogens with zero attached hydrogens (tertiary/aromatic N) is 2. The molecule has 0 spiro atoms. The summed E-state index contributed by atoms with van der Waals surface area (Å²) in [4.78, 5) is 8.99. The van der Waals surface area contributed by atoms with Crippen molar-refractivity contribution in [1.82, 2.24) is 4.98 Å². The molecule has 0 bridgehead atoms. The zero-order valence-corrected chi connectivity index (χ0v) is 16.7. The molecular formula is C21H22IN3. The number of unbranched alkanes of at least 4 members (excludes halogenated alkanes) is 1. The summed E-state index contributed by atoms with van der Waals surface area (Å²) >= 11 is 0. The first-order chi connectivity index (χ1) is 11.8. The average molecular weight is 443 g/mol. The van der Waals surface area contributed by atoms with Gasteiger partial charge < -0.3 is 5.32 Å². The minimum atomic E-state index is 0. The fourth-order valence-electron chi connectivity index (χ4n) is 3.33. The van der Waals surface area contributed by atoms with E-state index in [0.717, 1.165) is 31.6 Å². The van der Waals surface area contributed by atoms with Gasteiger partial charge in [-0.05, 0) is 48.8 Å². The molecule has 1 N–H and O–H groups in total. The van der Waals surface area contributed by atoms with Crippen LogP contribution in [0.5, 0.6) is 0 Å². The second-order valence-corrected chi connectivity index (χ2v) is 6.33. The lowest BCUT2D eigenvalue weighted by atomic mass is 10.0. The number of aliphatic imine (C=N–C) groups is 1. The molecule has 3 aromatic rings. The fourth-order valence-corrected chi connectivity index (χ4v) is 3.33. The van der Waals surface area contributed by atoms with Crippen molar-refractivity contribution in [2.75, 3.05) is 11.9 Å². The molecule has 2 heterocycles. The van der Waals surface area contributed by atoms with Gasteiger partial charge >= 0.3 is 0 Å². The predicted octanol–water partition coefficient (Wildman–Crippen LogP) is 5.36. The van der Waals surface area contributed by atoms with Gasteiger partial charge in [0.25, 0.3) is 0 Å². The maximum Gasteiger partial charge on any atom is 0.133 e. The van der Waals surface area contributed by atoms with Crippen LogP contribution in [0, 0.1) is 6.92 Å². The van der Waals surface area contributed by atoms with Gasteiger partial charge in [0.15, 0.2) is 0 Å². The number of halogens is 1. The van der Waals surface area contributed by atoms with Crippen LogP contribution >= 0.6 is 24.0 Å². The molecule has 4 rings (SSSR count). The van der Waals surface area contributed by atoms with E-state index < -0.39 is 0 Å². The Kier molecular flexibility index (Phi) is 5.68. The predicted molar refractivity (Wildman–Crippen MR) is 116 cm³/mol. The standard InChI is InChI=1S/C21H21N3.HI/c1-15-10-11-17-8-4-9-18-19(17)20(15)24-21(18)23-13-3-2-6-16-7-5-12-22-14-16;/h4-5,7-12,14H,2-3,6,13H2,1H3,(H,23,24);1H. The Labute approximate surface area is 165 Å². The Morgan fingerprint density at radius 3 is 2.80 bits per heavy atom. The first kappa shape index (κ1) is 17.9. The van der Waals surface area contributed by atoms with E-state index in [4.69, 9.17) is 4.99 Å². The zero-order chi connectivity index (χ0) is 16.4. The lowest BCUT2D eigenvalue weighted by molar-refractivity contribution is 0.744. The number of hydrogen-bond acceptors (Lipinski definition) is 2. The van der Waals surface area contributed by atoms with Gasteiger partial charge in [-0.2, -0.15) is 0 Å². The Hall–Kier alpha value is -1.95. The summed E-state index contributed by atoms with van der Waals surface area (Å²) in [6.45, 7) is 3.00. The molecule has 4 heteroatoms. The summed E-state index contributed by atoms with van der Waals surface area (Å²) in [5.74, 6) is 1.02. The van der Waals surface area contributed by atoms with Crippen molar-refractivity contribution in [3.05, 3.63) is 71.5 Å². The molecule has 0 fully saturated rings. The van der Waals surface area contributed by atoms with E-state index in [9.17, 15) is 0 Å². The molecule has 0 saturated heterocycles. The van der Waals surface area contributed by atoms with Gasteiger partial charge in [0.2, 0.25) is 0 Å². The molecule has 0 atom stereocenters. The van der Waals surface area contributed by atoms with Crippen molar-refractivity contribution in [3.8, 4) is 0 Å². The van der Waals surface area contributed by atoms with Crippen LogP contribution in [0.25, 0.3) is 10.8 Å². The van der Waals surface area contributed by atoms with Gasteiger partial charge in [-0.1, -0.05) is 36.4 Å². The van der Waals surface area contributed by atoms with Gasteiger partial charge in [0.05, 0.1) is 5.69 Å². The molecule has 1 aromatic heterocycles. The van der Waals surface area contributed by atoms with Crippen molar-refractivity contribution in [2.45, 2.75) is 26.2 Å². The third-order valence-corrected chi connectivity index (χ3v) is 4.62. The summed E-state index contributed by atoms with van der Waals surface area (Å²) in [5, 5.41) is 6.12. The number of aromatic nitrogens is 1. The van der Waals surface area contributed by atoms with Crippen LogP contribution < -0.4 is 5.32 Å². The van der Waals surface area contributed by atoms with E-state index >= 15 is 0 Å². The summed E-state index contributed by atoms with van der Waals surface area (Å²) in [6, 6.07) is 14.9. The number of amidine groups is 1. The molecule has 25 heavy (non-hydrogen) atoms. The maximum absolute atomic E-state index is 4.83. The van der Waals surface area contributed by atoms with Crippen molar-refractivity contribution >= 4 is 46.3 Å². The smallest absolute Gasteiger partial charge is 0.133 e. The molecule has 1 aliphatic heterocycles. The van der Waals surface area contributed by atoms with E-state index in [0.29, 0.717) is 0 Å². The summed E-state index contributed by atoms with van der Waals surface area (Å²) in [6.07, 6.45) is 7.07. The molecule has 0 radical (unpaired) electrons. The Balaban J connectivity index is 0.00000182. The molecule has 2 aromatic carbocycles. The highest BCUT2D eigenvalue weighted by atomic mass is 127. The number of pyridine rings is 1. The van der Waals surface area contributed by atoms with E-state index in [1.165, 1.54) is 33.2 Å². The third-order valence-electron chi connectivity index (χ3n) is 4.62. The molecule has 128 valence electrons. The second kappa shape index (κ2) is 7.95. The minimum Gasteiger partial charge on any atom is -0.339 e. The molecule has 0 aliphatic carbocycles. The van der Waals surface area contributed by atoms with Gasteiger partial charge in [0, 0.05) is 29.9 Å². The van der Waals surface area contributed by atoms with Crippen LogP contribution in [-0.2, 0) is 6.42 Å². The van der Waals surface area contributed by atoms with Crippen molar-refractivity contribution in [3.63, 3.8) is 0 Å². The van der Waals surface area contributed by atoms with Gasteiger partial charge in [0.1, 0.15) is 5.84 Å². The first-order valence-corrected chi connectivity index (χ1v) is 8.56. The Morgan fingerprint density at radius 2 is 1.96 bits per heavy atom. The molecule has 0 unspecified atom stereocenters. The molecule has 0 saturated carbocycles. The topological polar surface area (TPSA) is 37.3 Å². The van der Waals surface area contributed by atoms with Crippen LogP contribution in [0.2, 0.25) is 0 Å². The first-order valence-electron chi connectivity index (χ1n) is 8.56. The quantitative estimate of drug-likeness (QED) is 0.426. The number of anilines is 1. The van der Waals surface area contributed by atoms with Gasteiger partial charge in [-0.25, -0.2) is 0 Å². The van der Waals surface area contributed by atoms with E-state index in [2.05, 4.69) is 53.6 Å². The van der Waals surface area contributed by atoms with Crippen LogP contribution in [0.1, 0.15) is 29.5 Å². The zero-order valence-electron chi connectivity index (χ0n) is 14.3. The van der Waals surface area contributed by atoms with E-state index in [1.54, 1.807) is 0 Å². The van der Waals surface area contributed by atoms with Crippen LogP contribution in [0.15, 0.2) is 59.9 Å². The number of hydrogen-bond donors (Lipinski definition) is 1. The summed E-state index contributed by atoms with van der Waals surface area (Å²) in [7, 11) is 0. The largest absolute Gasteiger partial charge is 0.339 e. The second-order valence-electron chi connectivity index (χ2n) is 6.33. The lowest BCUT2D eigenvalue weighted by Gasteiger charge is -2.04.